The molecule has 0 unspecified atom stereocenters. The first-order valence-corrected chi connectivity index (χ1v) is 8.13. The first kappa shape index (κ1) is 19.3. The summed E-state index contributed by atoms with van der Waals surface area (Å²) >= 11 is 0. The first-order valence-electron chi connectivity index (χ1n) is 8.13. The predicted octanol–water partition coefficient (Wildman–Crippen LogP) is 3.26. The fourth-order valence-electron chi connectivity index (χ4n) is 2.20. The molecule has 0 fully saturated rings. The van der Waals surface area contributed by atoms with E-state index in [0.29, 0.717) is 11.1 Å². The van der Waals surface area contributed by atoms with Crippen LogP contribution < -0.4 is 0 Å². The van der Waals surface area contributed by atoms with Crippen LogP contribution in [0.15, 0.2) is 72.8 Å². The lowest BCUT2D eigenvalue weighted by atomic mass is 9.98. The molecule has 0 aliphatic heterocycles. The third-order valence-corrected chi connectivity index (χ3v) is 3.54. The van der Waals surface area contributed by atoms with Crippen molar-refractivity contribution in [1.29, 1.82) is 0 Å². The van der Waals surface area contributed by atoms with E-state index in [1.54, 1.807) is 60.7 Å². The zero-order valence-corrected chi connectivity index (χ0v) is 14.5. The van der Waals surface area contributed by atoms with E-state index in [9.17, 15) is 14.4 Å². The van der Waals surface area contributed by atoms with Crippen molar-refractivity contribution >= 4 is 17.5 Å². The highest BCUT2D eigenvalue weighted by atomic mass is 16.6. The van der Waals surface area contributed by atoms with E-state index in [1.165, 1.54) is 6.92 Å². The maximum absolute atomic E-state index is 12.7. The Labute approximate surface area is 152 Å². The van der Waals surface area contributed by atoms with E-state index < -0.39 is 23.6 Å². The Morgan fingerprint density at radius 1 is 0.846 bits per heavy atom. The molecule has 2 aromatic carbocycles. The van der Waals surface area contributed by atoms with Crippen LogP contribution in [0.25, 0.3) is 0 Å². The smallest absolute Gasteiger partial charge is 0.333 e. The Morgan fingerprint density at radius 3 is 1.73 bits per heavy atom. The first-order chi connectivity index (χ1) is 12.5. The largest absolute Gasteiger partial charge is 0.460 e. The van der Waals surface area contributed by atoms with E-state index in [0.717, 1.165) is 0 Å². The summed E-state index contributed by atoms with van der Waals surface area (Å²) in [6.07, 6.45) is -1.30. The molecule has 134 valence electrons. The molecule has 0 saturated heterocycles. The van der Waals surface area contributed by atoms with E-state index in [-0.39, 0.29) is 18.8 Å². The van der Waals surface area contributed by atoms with Crippen molar-refractivity contribution in [2.24, 2.45) is 0 Å². The average Bonchev–Trinajstić information content (AvgIpc) is 2.68. The Bertz CT molecular complexity index is 729. The summed E-state index contributed by atoms with van der Waals surface area (Å²) in [5.41, 5.74) is 1.02. The number of carbonyl (C=O) groups is 3. The number of carbonyl (C=O) groups excluding carboxylic acids is 3. The Morgan fingerprint density at radius 2 is 1.31 bits per heavy atom. The van der Waals surface area contributed by atoms with Crippen molar-refractivity contribution < 1.29 is 23.9 Å². The Hall–Kier alpha value is -3.05. The summed E-state index contributed by atoms with van der Waals surface area (Å²) in [5.74, 6) is -1.43. The fourth-order valence-corrected chi connectivity index (χ4v) is 2.20. The van der Waals surface area contributed by atoms with Crippen molar-refractivity contribution in [3.05, 3.63) is 83.9 Å². The second-order valence-electron chi connectivity index (χ2n) is 5.63. The van der Waals surface area contributed by atoms with Crippen molar-refractivity contribution in [2.75, 3.05) is 13.2 Å². The highest BCUT2D eigenvalue weighted by Gasteiger charge is 2.29. The molecule has 0 amide bonds. The lowest BCUT2D eigenvalue weighted by molar-refractivity contribution is -0.140. The zero-order valence-electron chi connectivity index (χ0n) is 14.5. The normalized spacial score (nSPS) is 10.4. The number of hydrogen-bond donors (Lipinski definition) is 0. The third kappa shape index (κ3) is 5.22. The van der Waals surface area contributed by atoms with Gasteiger partial charge in [0.25, 0.3) is 0 Å². The fraction of sp³-hybridized carbons (Fsp3) is 0.190. The second-order valence-corrected chi connectivity index (χ2v) is 5.63. The maximum atomic E-state index is 12.7. The standard InChI is InChI=1S/C21H20O5/c1-15(2)21(24)26-14-13-25-20(18(22)16-9-5-3-6-10-16)19(23)17-11-7-4-8-12-17/h3-12,20H,1,13-14H2,2H3. The third-order valence-electron chi connectivity index (χ3n) is 3.54. The highest BCUT2D eigenvalue weighted by Crippen LogP contribution is 2.13. The minimum absolute atomic E-state index is 0.0771. The molecule has 5 heteroatoms. The molecular weight excluding hydrogens is 332 g/mol. The van der Waals surface area contributed by atoms with Gasteiger partial charge in [-0.2, -0.15) is 0 Å². The molecule has 0 N–H and O–H groups in total. The number of ether oxygens (including phenoxy) is 2. The number of hydrogen-bond acceptors (Lipinski definition) is 5. The van der Waals surface area contributed by atoms with Crippen molar-refractivity contribution in [1.82, 2.24) is 0 Å². The molecule has 0 atom stereocenters. The number of esters is 1. The second kappa shape index (κ2) is 9.44. The molecule has 0 spiro atoms. The van der Waals surface area contributed by atoms with Crippen LogP contribution in [0, 0.1) is 0 Å². The molecule has 0 aliphatic rings. The van der Waals surface area contributed by atoms with E-state index in [1.807, 2.05) is 0 Å². The van der Waals surface area contributed by atoms with E-state index in [4.69, 9.17) is 9.47 Å². The zero-order chi connectivity index (χ0) is 18.9. The molecule has 0 saturated carbocycles. The van der Waals surface area contributed by atoms with E-state index in [2.05, 4.69) is 6.58 Å². The van der Waals surface area contributed by atoms with Crippen LogP contribution in [-0.4, -0.2) is 36.9 Å². The van der Waals surface area contributed by atoms with Crippen molar-refractivity contribution in [3.8, 4) is 0 Å². The van der Waals surface area contributed by atoms with Crippen LogP contribution in [0.2, 0.25) is 0 Å². The molecule has 0 aromatic heterocycles. The van der Waals surface area contributed by atoms with Gasteiger partial charge in [-0.3, -0.25) is 9.59 Å². The molecule has 2 rings (SSSR count). The number of rotatable bonds is 9. The number of Topliss-reactive ketones (excluding diaryl/α,β-unsaturated/α-hetero) is 2. The van der Waals surface area contributed by atoms with Gasteiger partial charge in [-0.15, -0.1) is 0 Å². The van der Waals surface area contributed by atoms with Gasteiger partial charge in [0.1, 0.15) is 6.61 Å². The van der Waals surface area contributed by atoms with Gasteiger partial charge in [0.15, 0.2) is 17.7 Å². The molecule has 26 heavy (non-hydrogen) atoms. The summed E-state index contributed by atoms with van der Waals surface area (Å²) in [5, 5.41) is 0. The van der Waals surface area contributed by atoms with Crippen molar-refractivity contribution in [2.45, 2.75) is 13.0 Å². The van der Waals surface area contributed by atoms with Gasteiger partial charge < -0.3 is 9.47 Å². The molecular formula is C21H20O5. The molecule has 0 heterocycles. The lowest BCUT2D eigenvalue weighted by Crippen LogP contribution is -2.34. The Balaban J connectivity index is 2.11. The summed E-state index contributed by atoms with van der Waals surface area (Å²) in [6, 6.07) is 16.9. The summed E-state index contributed by atoms with van der Waals surface area (Å²) in [4.78, 5) is 36.8. The van der Waals surface area contributed by atoms with Crippen LogP contribution >= 0.6 is 0 Å². The SMILES string of the molecule is C=C(C)C(=O)OCCOC(C(=O)c1ccccc1)C(=O)c1ccccc1. The quantitative estimate of drug-likeness (QED) is 0.228. The van der Waals surface area contributed by atoms with Crippen LogP contribution in [0.5, 0.6) is 0 Å². The van der Waals surface area contributed by atoms with Crippen molar-refractivity contribution in [3.63, 3.8) is 0 Å². The maximum Gasteiger partial charge on any atom is 0.333 e. The lowest BCUT2D eigenvalue weighted by Gasteiger charge is -2.16. The predicted molar refractivity (Wildman–Crippen MR) is 97.1 cm³/mol. The number of benzene rings is 2. The van der Waals surface area contributed by atoms with Crippen LogP contribution in [0.3, 0.4) is 0 Å². The Kier molecular flexibility index (Phi) is 7.00. The number of ketones is 2. The van der Waals surface area contributed by atoms with Crippen LogP contribution in [0.1, 0.15) is 27.6 Å². The molecule has 0 radical (unpaired) electrons. The topological polar surface area (TPSA) is 69.7 Å². The van der Waals surface area contributed by atoms with Gasteiger partial charge in [-0.25, -0.2) is 4.79 Å². The van der Waals surface area contributed by atoms with Gasteiger partial charge in [-0.1, -0.05) is 67.2 Å². The van der Waals surface area contributed by atoms with E-state index >= 15 is 0 Å². The highest BCUT2D eigenvalue weighted by molar-refractivity contribution is 6.18. The average molecular weight is 352 g/mol. The minimum atomic E-state index is -1.30. The van der Waals surface area contributed by atoms with Gasteiger partial charge in [-0.05, 0) is 6.92 Å². The molecule has 2 aromatic rings. The van der Waals surface area contributed by atoms with Gasteiger partial charge in [0.2, 0.25) is 0 Å². The van der Waals surface area contributed by atoms with Crippen LogP contribution in [-0.2, 0) is 14.3 Å². The molecule has 0 aliphatic carbocycles. The summed E-state index contributed by atoms with van der Waals surface area (Å²) in [6.45, 7) is 4.85. The van der Waals surface area contributed by atoms with Gasteiger partial charge >= 0.3 is 5.97 Å². The van der Waals surface area contributed by atoms with Gasteiger partial charge in [0.05, 0.1) is 6.61 Å². The molecule has 5 nitrogen and oxygen atoms in total. The summed E-state index contributed by atoms with van der Waals surface area (Å²) < 4.78 is 10.4. The van der Waals surface area contributed by atoms with Crippen LogP contribution in [0.4, 0.5) is 0 Å². The minimum Gasteiger partial charge on any atom is -0.460 e. The molecule has 0 bridgehead atoms. The van der Waals surface area contributed by atoms with Gasteiger partial charge in [0, 0.05) is 16.7 Å². The monoisotopic (exact) mass is 352 g/mol. The summed E-state index contributed by atoms with van der Waals surface area (Å²) in [7, 11) is 0.